The van der Waals surface area contributed by atoms with E-state index in [1.54, 1.807) is 30.4 Å². The lowest BCUT2D eigenvalue weighted by atomic mass is 10.2. The van der Waals surface area contributed by atoms with Gasteiger partial charge in [-0.05, 0) is 32.9 Å². The lowest BCUT2D eigenvalue weighted by molar-refractivity contribution is -0.115. The Balaban J connectivity index is 2.01. The molecular formula is C19H20N4O3S2. The van der Waals surface area contributed by atoms with Crippen molar-refractivity contribution >= 4 is 51.0 Å². The summed E-state index contributed by atoms with van der Waals surface area (Å²) < 4.78 is 8.30. The van der Waals surface area contributed by atoms with Crippen LogP contribution in [-0.2, 0) is 11.3 Å². The first kappa shape index (κ1) is 18.8. The van der Waals surface area contributed by atoms with E-state index in [0.717, 1.165) is 27.9 Å². The molecule has 9 heteroatoms. The van der Waals surface area contributed by atoms with Gasteiger partial charge in [-0.15, -0.1) is 11.3 Å². The van der Waals surface area contributed by atoms with Crippen LogP contribution in [0.4, 0.5) is 5.69 Å². The van der Waals surface area contributed by atoms with E-state index in [2.05, 4.69) is 22.4 Å². The summed E-state index contributed by atoms with van der Waals surface area (Å²) >= 11 is 2.93. The highest BCUT2D eigenvalue weighted by Gasteiger charge is 2.28. The molecule has 0 atom stereocenters. The summed E-state index contributed by atoms with van der Waals surface area (Å²) in [6.07, 6.45) is 0. The number of amides is 1. The number of nitrogens with one attached hydrogen (secondary N) is 1. The monoisotopic (exact) mass is 416 g/mol. The van der Waals surface area contributed by atoms with Crippen molar-refractivity contribution in [1.82, 2.24) is 9.99 Å². The number of ether oxygens (including phenoxy) is 1. The Bertz CT molecular complexity index is 1190. The average Bonchev–Trinajstić information content (AvgIpc) is 3.33. The molecule has 4 rings (SSSR count). The number of hydrogen-bond donors (Lipinski definition) is 1. The zero-order valence-electron chi connectivity index (χ0n) is 16.0. The molecule has 1 aromatic carbocycles. The van der Waals surface area contributed by atoms with Crippen LogP contribution in [-0.4, -0.2) is 29.8 Å². The Morgan fingerprint density at radius 3 is 2.61 bits per heavy atom. The van der Waals surface area contributed by atoms with E-state index in [4.69, 9.17) is 4.74 Å². The van der Waals surface area contributed by atoms with E-state index in [9.17, 15) is 9.59 Å². The van der Waals surface area contributed by atoms with E-state index < -0.39 is 0 Å². The number of hydrogen-bond acceptors (Lipinski definition) is 7. The zero-order chi connectivity index (χ0) is 20.0. The highest BCUT2D eigenvalue weighted by Crippen LogP contribution is 2.47. The van der Waals surface area contributed by atoms with Gasteiger partial charge in [0.25, 0.3) is 11.5 Å². The molecule has 0 saturated heterocycles. The SMILES string of the molecule is CCN1C(=c2sc(=C3C(=O)NN=C3C)n(CC)c2=O)Sc2ccc(OC)cc21. The summed E-state index contributed by atoms with van der Waals surface area (Å²) in [5.74, 6) is 0.513. The quantitative estimate of drug-likeness (QED) is 0.816. The summed E-state index contributed by atoms with van der Waals surface area (Å²) in [6.45, 7) is 6.94. The fourth-order valence-corrected chi connectivity index (χ4v) is 5.99. The highest BCUT2D eigenvalue weighted by molar-refractivity contribution is 8.08. The molecule has 7 nitrogen and oxygen atoms in total. The predicted octanol–water partition coefficient (Wildman–Crippen LogP) is 1.29. The molecular weight excluding hydrogens is 396 g/mol. The second-order valence-corrected chi connectivity index (χ2v) is 8.31. The number of carbonyl (C=O) groups excluding carboxylic acids is 1. The highest BCUT2D eigenvalue weighted by atomic mass is 32.2. The average molecular weight is 417 g/mol. The lowest BCUT2D eigenvalue weighted by Gasteiger charge is -2.17. The van der Waals surface area contributed by atoms with Gasteiger partial charge in [-0.3, -0.25) is 14.2 Å². The summed E-state index contributed by atoms with van der Waals surface area (Å²) in [7, 11) is 1.64. The van der Waals surface area contributed by atoms with Gasteiger partial charge in [0.15, 0.2) is 0 Å². The van der Waals surface area contributed by atoms with Gasteiger partial charge in [0.2, 0.25) is 0 Å². The third-order valence-electron chi connectivity index (χ3n) is 4.75. The molecule has 2 aromatic rings. The van der Waals surface area contributed by atoms with Crippen LogP contribution < -0.4 is 29.8 Å². The van der Waals surface area contributed by atoms with Crippen molar-refractivity contribution in [2.45, 2.75) is 32.2 Å². The molecule has 0 radical (unpaired) electrons. The van der Waals surface area contributed by atoms with Crippen molar-refractivity contribution in [1.29, 1.82) is 0 Å². The second-order valence-electron chi connectivity index (χ2n) is 6.28. The van der Waals surface area contributed by atoms with Crippen molar-refractivity contribution < 1.29 is 9.53 Å². The maximum Gasteiger partial charge on any atom is 0.276 e. The minimum absolute atomic E-state index is 0.0804. The van der Waals surface area contributed by atoms with Gasteiger partial charge in [0.1, 0.15) is 20.0 Å². The minimum atomic E-state index is -0.267. The number of thioether (sulfide) groups is 1. The molecule has 146 valence electrons. The van der Waals surface area contributed by atoms with Gasteiger partial charge >= 0.3 is 0 Å². The van der Waals surface area contributed by atoms with Crippen LogP contribution in [0.25, 0.3) is 10.6 Å². The van der Waals surface area contributed by atoms with Crippen LogP contribution in [0.3, 0.4) is 0 Å². The maximum absolute atomic E-state index is 13.2. The number of aromatic nitrogens is 1. The van der Waals surface area contributed by atoms with Gasteiger partial charge in [0, 0.05) is 24.1 Å². The molecule has 1 aromatic heterocycles. The minimum Gasteiger partial charge on any atom is -0.497 e. The molecule has 1 amide bonds. The third-order valence-corrected chi connectivity index (χ3v) is 7.25. The molecule has 1 N–H and O–H groups in total. The molecule has 2 aliphatic rings. The molecule has 0 saturated carbocycles. The standard InChI is InChI=1S/C19H20N4O3S2/c1-5-22-12-9-11(26-4)7-8-13(12)27-19(22)15-17(25)23(6-2)18(28-15)14-10(3)20-21-16(14)24/h7-9H,5-6H2,1-4H3,(H,21,24). The zero-order valence-corrected chi connectivity index (χ0v) is 17.7. The van der Waals surface area contributed by atoms with Crippen LogP contribution in [0.5, 0.6) is 5.75 Å². The lowest BCUT2D eigenvalue weighted by Crippen LogP contribution is -2.35. The van der Waals surface area contributed by atoms with Crippen LogP contribution >= 0.6 is 23.1 Å². The normalized spacial score (nSPS) is 19.6. The Morgan fingerprint density at radius 1 is 1.21 bits per heavy atom. The molecule has 0 bridgehead atoms. The number of nitrogens with zero attached hydrogens (tertiary/aromatic N) is 3. The first-order valence-corrected chi connectivity index (χ1v) is 10.6. The Morgan fingerprint density at radius 2 is 2.00 bits per heavy atom. The summed E-state index contributed by atoms with van der Waals surface area (Å²) in [5, 5.41) is 4.90. The van der Waals surface area contributed by atoms with Gasteiger partial charge in [0.05, 0.1) is 24.1 Å². The first-order valence-electron chi connectivity index (χ1n) is 8.96. The Kier molecular flexibility index (Phi) is 4.80. The van der Waals surface area contributed by atoms with Crippen molar-refractivity contribution in [2.75, 3.05) is 18.6 Å². The molecule has 0 fully saturated rings. The van der Waals surface area contributed by atoms with Crippen LogP contribution in [0.1, 0.15) is 20.8 Å². The van der Waals surface area contributed by atoms with Gasteiger partial charge in [-0.2, -0.15) is 5.10 Å². The van der Waals surface area contributed by atoms with E-state index in [1.807, 2.05) is 25.1 Å². The van der Waals surface area contributed by atoms with Crippen molar-refractivity contribution in [3.8, 4) is 5.75 Å². The van der Waals surface area contributed by atoms with Crippen LogP contribution in [0, 0.1) is 0 Å². The number of carbonyl (C=O) groups is 1. The van der Waals surface area contributed by atoms with E-state index in [1.165, 1.54) is 11.3 Å². The molecule has 0 spiro atoms. The largest absolute Gasteiger partial charge is 0.497 e. The van der Waals surface area contributed by atoms with E-state index >= 15 is 0 Å². The Labute approximate surface area is 170 Å². The third kappa shape index (κ3) is 2.77. The fourth-order valence-electron chi connectivity index (χ4n) is 3.35. The van der Waals surface area contributed by atoms with Crippen molar-refractivity contribution in [3.05, 3.63) is 37.7 Å². The number of thiazole rings is 1. The molecule has 0 aliphatic carbocycles. The van der Waals surface area contributed by atoms with Gasteiger partial charge < -0.3 is 9.64 Å². The van der Waals surface area contributed by atoms with Crippen molar-refractivity contribution in [2.24, 2.45) is 5.10 Å². The number of benzene rings is 1. The number of fused-ring (bicyclic) bond motifs is 1. The Hall–Kier alpha value is -2.52. The number of hydrazone groups is 1. The molecule has 0 unspecified atom stereocenters. The number of rotatable bonds is 3. The van der Waals surface area contributed by atoms with Crippen LogP contribution in [0.2, 0.25) is 0 Å². The van der Waals surface area contributed by atoms with Gasteiger partial charge in [-0.25, -0.2) is 5.43 Å². The van der Waals surface area contributed by atoms with E-state index in [0.29, 0.717) is 27.0 Å². The van der Waals surface area contributed by atoms with Crippen molar-refractivity contribution in [3.63, 3.8) is 0 Å². The summed E-state index contributed by atoms with van der Waals surface area (Å²) in [5.41, 5.74) is 4.51. The summed E-state index contributed by atoms with van der Waals surface area (Å²) in [4.78, 5) is 28.7. The first-order chi connectivity index (χ1) is 13.5. The molecule has 2 aliphatic heterocycles. The fraction of sp³-hybridized carbons (Fsp3) is 0.316. The molecule has 28 heavy (non-hydrogen) atoms. The number of anilines is 1. The second kappa shape index (κ2) is 7.14. The summed E-state index contributed by atoms with van der Waals surface area (Å²) in [6, 6.07) is 5.92. The maximum atomic E-state index is 13.2. The smallest absolute Gasteiger partial charge is 0.276 e. The predicted molar refractivity (Wildman–Crippen MR) is 113 cm³/mol. The topological polar surface area (TPSA) is 75.9 Å². The number of methoxy groups -OCH3 is 1. The van der Waals surface area contributed by atoms with E-state index in [-0.39, 0.29) is 11.5 Å². The van der Waals surface area contributed by atoms with Crippen LogP contribution in [0.15, 0.2) is 33.0 Å². The molecule has 3 heterocycles. The van der Waals surface area contributed by atoms with Gasteiger partial charge in [-0.1, -0.05) is 11.8 Å².